The normalized spacial score (nSPS) is 14.0. The monoisotopic (exact) mass is 1760 g/mol. The van der Waals surface area contributed by atoms with Gasteiger partial charge in [0.15, 0.2) is 11.2 Å². The van der Waals surface area contributed by atoms with Gasteiger partial charge in [-0.3, -0.25) is 86.4 Å². The summed E-state index contributed by atoms with van der Waals surface area (Å²) in [6.07, 6.45) is 3.87. The first-order valence-electron chi connectivity index (χ1n) is 37.2. The molecule has 114 heavy (non-hydrogen) atoms. The third kappa shape index (κ3) is 54.7. The number of Topliss-reactive ketones (excluding diaryl/α,β-unsaturated/α-hetero) is 1. The minimum atomic E-state index is -1.24. The molecule has 16 amide bonds. The summed E-state index contributed by atoms with van der Waals surface area (Å²) in [7, 11) is 12.0. The van der Waals surface area contributed by atoms with Crippen LogP contribution in [0, 0.1) is 5.92 Å². The molecule has 35 nitrogen and oxygen atoms in total. The van der Waals surface area contributed by atoms with Crippen LogP contribution >= 0.6 is 86.4 Å². The van der Waals surface area contributed by atoms with Gasteiger partial charge in [-0.15, -0.1) is 0 Å². The van der Waals surface area contributed by atoms with Crippen molar-refractivity contribution in [2.45, 2.75) is 216 Å². The van der Waals surface area contributed by atoms with Gasteiger partial charge in [0.2, 0.25) is 76.8 Å². The number of rotatable bonds is 57. The molecule has 1 rings (SSSR count). The molecule has 0 aromatic heterocycles. The van der Waals surface area contributed by atoms with Crippen LogP contribution in [0.5, 0.6) is 0 Å². The summed E-state index contributed by atoms with van der Waals surface area (Å²) < 4.78 is 9.38. The lowest BCUT2D eigenvalue weighted by molar-refractivity contribution is -0.137. The van der Waals surface area contributed by atoms with Crippen molar-refractivity contribution in [1.29, 1.82) is 0 Å². The van der Waals surface area contributed by atoms with Gasteiger partial charge in [-0.25, -0.2) is 0 Å². The molecule has 0 saturated heterocycles. The highest BCUT2D eigenvalue weighted by molar-refractivity contribution is 8.78. The number of hydrogen-bond acceptors (Lipinski definition) is 28. The van der Waals surface area contributed by atoms with Crippen molar-refractivity contribution in [3.8, 4) is 0 Å². The van der Waals surface area contributed by atoms with Gasteiger partial charge in [0.25, 0.3) is 17.7 Å². The number of ether oxygens (including phenoxy) is 2. The number of methoxy groups -OCH3 is 1. The van der Waals surface area contributed by atoms with E-state index >= 15 is 0 Å². The van der Waals surface area contributed by atoms with Crippen molar-refractivity contribution in [1.82, 2.24) is 79.3 Å². The van der Waals surface area contributed by atoms with Gasteiger partial charge in [-0.1, -0.05) is 176 Å². The summed E-state index contributed by atoms with van der Waals surface area (Å²) in [6, 6.07) is -4.51. The molecule has 0 aromatic carbocycles. The fourth-order valence-electron chi connectivity index (χ4n) is 8.81. The zero-order chi connectivity index (χ0) is 86.4. The third-order valence-electron chi connectivity index (χ3n) is 14.4. The Balaban J connectivity index is 3.21. The molecule has 0 bridgehead atoms. The Bertz CT molecular complexity index is 3220. The van der Waals surface area contributed by atoms with E-state index < -0.39 is 187 Å². The number of nitrogens with zero attached hydrogens (tertiary/aromatic N) is 1. The van der Waals surface area contributed by atoms with Crippen LogP contribution in [0.25, 0.3) is 0 Å². The Labute approximate surface area is 701 Å². The van der Waals surface area contributed by atoms with E-state index in [9.17, 15) is 81.5 Å². The first-order chi connectivity index (χ1) is 53.0. The molecule has 0 radical (unpaired) electrons. The first kappa shape index (κ1) is 106. The number of primary amides is 1. The average molecular weight is 1760 g/mol. The van der Waals surface area contributed by atoms with Gasteiger partial charge in [0.05, 0.1) is 70.7 Å². The minimum Gasteiger partial charge on any atom is -0.384 e. The summed E-state index contributed by atoms with van der Waals surface area (Å²) in [5.41, 5.74) is 5.34. The predicted molar refractivity (Wildman–Crippen MR) is 454 cm³/mol. The SMILES string of the molecule is COCCC(=O)NCC(=O)N[C@@H](SSC(C)(C)C)C(=O)NCC(=O)N[C@@H](CSSC(C)(C)C)C(=O)NCC(=O)NCCCC[C@@H](CN[C@@H](CCCCNC(=O)CCN1C(=O)C=CC1=O)C(N)=O)C(=O)CNC(=O)CNC(=O)[C@H](CSSC(C)(C)C)NC(=O)CNC(=O)[C@H](CSSC(C)(C)C)NC(=O)CNC(=O)CCOC(C)(C)C. The number of hydrogen-bond donors (Lipinski definition) is 15. The second-order valence-corrected chi connectivity index (χ2v) is 43.5. The van der Waals surface area contributed by atoms with Crippen molar-refractivity contribution >= 4 is 187 Å². The van der Waals surface area contributed by atoms with Crippen LogP contribution < -0.4 is 80.2 Å². The number of imide groups is 1. The lowest BCUT2D eigenvalue weighted by atomic mass is 9.96. The fourth-order valence-corrected chi connectivity index (χ4v) is 18.5. The molecule has 0 unspecified atom stereocenters. The maximum absolute atomic E-state index is 14.1. The largest absolute Gasteiger partial charge is 0.384 e. The second-order valence-electron chi connectivity index (χ2n) is 30.8. The second kappa shape index (κ2) is 55.5. The van der Waals surface area contributed by atoms with E-state index in [0.717, 1.165) is 27.8 Å². The molecule has 0 spiro atoms. The summed E-state index contributed by atoms with van der Waals surface area (Å²) >= 11 is 0. The molecule has 6 atom stereocenters. The van der Waals surface area contributed by atoms with Gasteiger partial charge in [-0.05, 0) is 52.9 Å². The summed E-state index contributed by atoms with van der Waals surface area (Å²) in [6.45, 7) is 25.4. The number of ketones is 1. The van der Waals surface area contributed by atoms with Gasteiger partial charge in [0.1, 0.15) is 18.1 Å². The Hall–Kier alpha value is -6.19. The zero-order valence-electron chi connectivity index (χ0n) is 68.3. The fraction of sp³-hybridized carbons (Fsp3) is 0.732. The minimum absolute atomic E-state index is 0.00250. The standard InChI is InChI=1S/C71H122N16O19S8/c1-67(2,3)106-32-27-52(91)77-37-55(94)83-48(43-109-113-70(10,11)12)64(103)81-39-56(95)84-47(42-108-112-69(7,8)9)63(102)80-36-54(93)76-34-49(88)44(33-75-45(61(72)100)22-18-20-28-73-50(89)25-30-87-59(98)23-24-60(87)99)21-17-19-29-74-53(92)35-79-62(101)46(41-107-111-68(4,5)6)85-57(96)40-82-65(104)66(110-114-71(13,14)15)86-58(97)38-78-51(90)26-31-105-16/h23-24,44-48,66,75H,17-22,25-43H2,1-16H3,(H2,72,100)(H,73,89)(H,74,92)(H,76,93)(H,77,91)(H,78,90)(H,79,101)(H,80,102)(H,81,103)(H,82,104)(H,83,94)(H,84,95)(H,85,96)(H,86,97)/t44-,45-,46-,47-,48-,66-/m0/s1. The zero-order valence-corrected chi connectivity index (χ0v) is 74.9. The lowest BCUT2D eigenvalue weighted by Crippen LogP contribution is -2.54. The van der Waals surface area contributed by atoms with Crippen molar-refractivity contribution in [2.24, 2.45) is 11.7 Å². The maximum atomic E-state index is 14.1. The smallest absolute Gasteiger partial charge is 0.254 e. The molecule has 648 valence electrons. The molecule has 43 heteroatoms. The Morgan fingerprint density at radius 3 is 1.20 bits per heavy atom. The molecule has 1 heterocycles. The van der Waals surface area contributed by atoms with E-state index in [1.165, 1.54) is 82.7 Å². The van der Waals surface area contributed by atoms with Crippen LogP contribution in [-0.2, 0) is 91.0 Å². The number of carbonyl (C=O) groups excluding carboxylic acids is 17. The Kier molecular flexibility index (Phi) is 51.5. The number of nitrogens with two attached hydrogens (primary N) is 1. The third-order valence-corrected chi connectivity index (χ3v) is 27.9. The van der Waals surface area contributed by atoms with E-state index in [1.807, 2.05) is 104 Å². The van der Waals surface area contributed by atoms with Crippen molar-refractivity contribution in [2.75, 3.05) is 110 Å². The number of unbranched alkanes of at least 4 members (excludes halogenated alkanes) is 2. The van der Waals surface area contributed by atoms with Crippen LogP contribution in [0.4, 0.5) is 0 Å². The van der Waals surface area contributed by atoms with E-state index in [4.69, 9.17) is 15.2 Å². The number of nitrogens with one attached hydrogen (secondary N) is 14. The molecule has 0 fully saturated rings. The van der Waals surface area contributed by atoms with E-state index in [-0.39, 0.29) is 108 Å². The highest BCUT2D eigenvalue weighted by atomic mass is 33.1. The van der Waals surface area contributed by atoms with Crippen molar-refractivity contribution in [3.05, 3.63) is 12.2 Å². The number of amides is 16. The lowest BCUT2D eigenvalue weighted by Gasteiger charge is -2.23. The van der Waals surface area contributed by atoms with Gasteiger partial charge >= 0.3 is 0 Å². The highest BCUT2D eigenvalue weighted by Gasteiger charge is 2.32. The molecule has 0 aliphatic carbocycles. The molecule has 0 saturated carbocycles. The summed E-state index contributed by atoms with van der Waals surface area (Å²) in [4.78, 5) is 222. The van der Waals surface area contributed by atoms with Crippen LogP contribution in [-0.4, -0.2) is 269 Å². The molecule has 16 N–H and O–H groups in total. The van der Waals surface area contributed by atoms with Crippen LogP contribution in [0.1, 0.15) is 162 Å². The van der Waals surface area contributed by atoms with Gasteiger partial charge in [0, 0.05) is 107 Å². The van der Waals surface area contributed by atoms with Gasteiger partial charge < -0.3 is 89.6 Å². The summed E-state index contributed by atoms with van der Waals surface area (Å²) in [5, 5.41) is 35.2. The van der Waals surface area contributed by atoms with E-state index in [0.29, 0.717) is 25.7 Å². The predicted octanol–water partition coefficient (Wildman–Crippen LogP) is 1.17. The van der Waals surface area contributed by atoms with Gasteiger partial charge in [-0.2, -0.15) is 0 Å². The summed E-state index contributed by atoms with van der Waals surface area (Å²) in [5.74, 6) is -11.4. The van der Waals surface area contributed by atoms with Crippen LogP contribution in [0.3, 0.4) is 0 Å². The molecule has 1 aliphatic heterocycles. The quantitative estimate of drug-likeness (QED) is 0.0176. The van der Waals surface area contributed by atoms with Crippen molar-refractivity contribution < 1.29 is 91.0 Å². The van der Waals surface area contributed by atoms with E-state index in [1.54, 1.807) is 0 Å². The molecule has 0 aromatic rings. The Morgan fingerprint density at radius 1 is 0.412 bits per heavy atom. The average Bonchev–Trinajstić information content (AvgIpc) is 1.74. The van der Waals surface area contributed by atoms with Crippen LogP contribution in [0.15, 0.2) is 12.2 Å². The Morgan fingerprint density at radius 2 is 0.781 bits per heavy atom. The molecular formula is C71H122N16O19S8. The van der Waals surface area contributed by atoms with E-state index in [2.05, 4.69) is 74.4 Å². The van der Waals surface area contributed by atoms with Crippen molar-refractivity contribution in [3.63, 3.8) is 0 Å². The van der Waals surface area contributed by atoms with Crippen LogP contribution in [0.2, 0.25) is 0 Å². The maximum Gasteiger partial charge on any atom is 0.254 e. The number of carbonyl (C=O) groups is 17. The molecule has 1 aliphatic rings. The first-order valence-corrected chi connectivity index (χ1v) is 46.3. The topological polar surface area (TPSA) is 506 Å². The highest BCUT2D eigenvalue weighted by Crippen LogP contribution is 2.39. The molecular weight excluding hydrogens is 1640 g/mol.